The van der Waals surface area contributed by atoms with Gasteiger partial charge in [0.1, 0.15) is 5.69 Å². The first-order valence-electron chi connectivity index (χ1n) is 5.42. The molecule has 0 saturated heterocycles. The molecule has 0 saturated carbocycles. The van der Waals surface area contributed by atoms with Gasteiger partial charge in [-0.25, -0.2) is 14.1 Å². The van der Waals surface area contributed by atoms with E-state index in [-0.39, 0.29) is 5.69 Å². The second-order valence-electron chi connectivity index (χ2n) is 3.60. The summed E-state index contributed by atoms with van der Waals surface area (Å²) < 4.78 is 15.4. The van der Waals surface area contributed by atoms with Crippen molar-refractivity contribution < 1.29 is 4.39 Å². The van der Waals surface area contributed by atoms with Crippen LogP contribution in [0.2, 0.25) is 5.02 Å². The Morgan fingerprint density at radius 1 is 1.60 bits per heavy atom. The van der Waals surface area contributed by atoms with Crippen LogP contribution in [0.5, 0.6) is 0 Å². The predicted octanol–water partition coefficient (Wildman–Crippen LogP) is 3.09. The molecule has 0 atom stereocenters. The van der Waals surface area contributed by atoms with Gasteiger partial charge in [0.25, 0.3) is 0 Å². The number of nitrogens with zero attached hydrogens (tertiary/aromatic N) is 4. The molecule has 0 amide bonds. The quantitative estimate of drug-likeness (QED) is 0.401. The number of aliphatic imine (C=N–C) groups is 1. The molecule has 8 heteroatoms. The van der Waals surface area contributed by atoms with Gasteiger partial charge < -0.3 is 0 Å². The summed E-state index contributed by atoms with van der Waals surface area (Å²) in [6.45, 7) is 0. The smallest absolute Gasteiger partial charge is 0.183 e. The van der Waals surface area contributed by atoms with Crippen molar-refractivity contribution in [1.29, 1.82) is 5.26 Å². The van der Waals surface area contributed by atoms with E-state index in [0.29, 0.717) is 15.9 Å². The summed E-state index contributed by atoms with van der Waals surface area (Å²) in [5, 5.41) is 15.7. The summed E-state index contributed by atoms with van der Waals surface area (Å²) in [6.07, 6.45) is 6.47. The van der Waals surface area contributed by atoms with Gasteiger partial charge >= 0.3 is 0 Å². The van der Waals surface area contributed by atoms with Gasteiger partial charge in [-0.05, 0) is 18.4 Å². The maximum absolute atomic E-state index is 14.0. The number of halogens is 2. The molecule has 0 fully saturated rings. The van der Waals surface area contributed by atoms with Crippen LogP contribution in [0.3, 0.4) is 0 Å². The predicted molar refractivity (Wildman–Crippen MR) is 77.9 cm³/mol. The Morgan fingerprint density at radius 2 is 2.40 bits per heavy atom. The molecule has 0 aliphatic carbocycles. The highest BCUT2D eigenvalue weighted by atomic mass is 35.5. The molecule has 5 nitrogen and oxygen atoms in total. The van der Waals surface area contributed by atoms with Crippen LogP contribution in [-0.2, 0) is 0 Å². The van der Waals surface area contributed by atoms with Crippen molar-refractivity contribution in [2.45, 2.75) is 0 Å². The van der Waals surface area contributed by atoms with Crippen LogP contribution in [-0.4, -0.2) is 21.2 Å². The lowest BCUT2D eigenvalue weighted by Gasteiger charge is -2.04. The van der Waals surface area contributed by atoms with E-state index in [4.69, 9.17) is 16.9 Å². The van der Waals surface area contributed by atoms with E-state index in [1.807, 2.05) is 0 Å². The normalized spacial score (nSPS) is 11.2. The summed E-state index contributed by atoms with van der Waals surface area (Å²) in [5.74, 6) is -0.483. The third-order valence-corrected chi connectivity index (χ3v) is 3.09. The Balaban J connectivity index is 2.33. The van der Waals surface area contributed by atoms with Gasteiger partial charge in [0, 0.05) is 12.3 Å². The van der Waals surface area contributed by atoms with Crippen molar-refractivity contribution in [2.75, 3.05) is 6.26 Å². The highest BCUT2D eigenvalue weighted by Gasteiger charge is 2.07. The van der Waals surface area contributed by atoms with E-state index in [0.717, 1.165) is 0 Å². The number of nitriles is 1. The Morgan fingerprint density at radius 3 is 2.95 bits per heavy atom. The average Bonchev–Trinajstić information content (AvgIpc) is 2.85. The fourth-order valence-corrected chi connectivity index (χ4v) is 1.95. The Kier molecular flexibility index (Phi) is 4.61. The van der Waals surface area contributed by atoms with Crippen molar-refractivity contribution in [3.05, 3.63) is 41.4 Å². The van der Waals surface area contributed by atoms with E-state index < -0.39 is 5.82 Å². The van der Waals surface area contributed by atoms with Crippen LogP contribution in [0.4, 0.5) is 10.1 Å². The van der Waals surface area contributed by atoms with Crippen LogP contribution in [0.1, 0.15) is 0 Å². The van der Waals surface area contributed by atoms with Gasteiger partial charge in [-0.1, -0.05) is 23.4 Å². The minimum absolute atomic E-state index is 0.273. The van der Waals surface area contributed by atoms with Gasteiger partial charge in [0.05, 0.1) is 16.9 Å². The first-order chi connectivity index (χ1) is 9.63. The molecule has 2 aromatic rings. The lowest BCUT2D eigenvalue weighted by molar-refractivity contribution is 0.611. The van der Waals surface area contributed by atoms with Gasteiger partial charge in [0.2, 0.25) is 0 Å². The van der Waals surface area contributed by atoms with Crippen LogP contribution in [0.15, 0.2) is 35.6 Å². The number of hydrogen-bond acceptors (Lipinski definition) is 4. The van der Waals surface area contributed by atoms with Crippen molar-refractivity contribution in [1.82, 2.24) is 15.1 Å². The summed E-state index contributed by atoms with van der Waals surface area (Å²) in [4.78, 5) is 4.12. The van der Waals surface area contributed by atoms with Gasteiger partial charge in [0.15, 0.2) is 17.2 Å². The molecule has 0 unspecified atom stereocenters. The summed E-state index contributed by atoms with van der Waals surface area (Å²) in [7, 11) is 0. The van der Waals surface area contributed by atoms with Crippen LogP contribution >= 0.6 is 23.4 Å². The fraction of sp³-hybridized carbons (Fsp3) is 0.0833. The Bertz CT molecular complexity index is 691. The Labute approximate surface area is 124 Å². The largest absolute Gasteiger partial charge is 0.271 e. The lowest BCUT2D eigenvalue weighted by atomic mass is 10.2. The molecule has 0 bridgehead atoms. The maximum Gasteiger partial charge on any atom is 0.183 e. The first kappa shape index (κ1) is 14.4. The summed E-state index contributed by atoms with van der Waals surface area (Å²) in [5.41, 5.74) is 0.673. The first-order valence-corrected chi connectivity index (χ1v) is 7.02. The molecular weight excluding hydrogens is 301 g/mol. The van der Waals surface area contributed by atoms with Crippen LogP contribution < -0.4 is 5.32 Å². The number of thioether (sulfide) groups is 1. The number of aromatic nitrogens is 2. The average molecular weight is 310 g/mol. The van der Waals surface area contributed by atoms with Gasteiger partial charge in [-0.3, -0.25) is 5.32 Å². The van der Waals surface area contributed by atoms with Crippen molar-refractivity contribution in [3.63, 3.8) is 0 Å². The zero-order valence-electron chi connectivity index (χ0n) is 10.3. The summed E-state index contributed by atoms with van der Waals surface area (Å²) in [6, 6.07) is 4.44. The molecule has 2 rings (SSSR count). The van der Waals surface area contributed by atoms with Crippen LogP contribution in [0, 0.1) is 17.3 Å². The monoisotopic (exact) mass is 309 g/mol. The van der Waals surface area contributed by atoms with Gasteiger partial charge in [-0.2, -0.15) is 10.4 Å². The third kappa shape index (κ3) is 3.29. The van der Waals surface area contributed by atoms with E-state index in [1.54, 1.807) is 24.6 Å². The topological polar surface area (TPSA) is 66.0 Å². The molecular formula is C12H9ClFN5S. The molecule has 0 aliphatic rings. The van der Waals surface area contributed by atoms with E-state index in [9.17, 15) is 4.39 Å². The van der Waals surface area contributed by atoms with Crippen molar-refractivity contribution >= 4 is 34.2 Å². The molecule has 0 spiro atoms. The second-order valence-corrected chi connectivity index (χ2v) is 4.83. The maximum atomic E-state index is 14.0. The number of amidine groups is 1. The van der Waals surface area contributed by atoms with E-state index >= 15 is 0 Å². The van der Waals surface area contributed by atoms with Crippen molar-refractivity contribution in [2.24, 2.45) is 4.99 Å². The molecule has 20 heavy (non-hydrogen) atoms. The van der Waals surface area contributed by atoms with E-state index in [2.05, 4.69) is 15.4 Å². The zero-order chi connectivity index (χ0) is 14.5. The molecule has 0 aliphatic heterocycles. The lowest BCUT2D eigenvalue weighted by Crippen LogP contribution is -2.12. The highest BCUT2D eigenvalue weighted by molar-refractivity contribution is 8.13. The third-order valence-electron chi connectivity index (χ3n) is 2.32. The molecule has 1 aromatic carbocycles. The van der Waals surface area contributed by atoms with E-state index in [1.165, 1.54) is 34.9 Å². The van der Waals surface area contributed by atoms with Gasteiger partial charge in [-0.15, -0.1) is 0 Å². The molecule has 0 radical (unpaired) electrons. The number of rotatable bonds is 2. The standard InChI is InChI=1S/C12H9ClFN5S/c1-20-12(16-7-15)18-9-2-3-11(10(14)4-9)19-6-8(13)5-17-19/h2-6H,1H3,(H,16,18). The second kappa shape index (κ2) is 6.41. The molecule has 1 heterocycles. The minimum atomic E-state index is -0.483. The SMILES string of the molecule is CSC(=Nc1ccc(-n2cc(Cl)cn2)c(F)c1)NC#N. The molecule has 1 aromatic heterocycles. The molecule has 1 N–H and O–H groups in total. The molecule has 102 valence electrons. The number of nitrogens with one attached hydrogen (secondary N) is 1. The zero-order valence-corrected chi connectivity index (χ0v) is 11.9. The number of benzene rings is 1. The fourth-order valence-electron chi connectivity index (χ4n) is 1.47. The summed E-state index contributed by atoms with van der Waals surface area (Å²) >= 11 is 7.01. The Hall–Kier alpha value is -2.04. The van der Waals surface area contributed by atoms with Crippen molar-refractivity contribution in [3.8, 4) is 11.9 Å². The minimum Gasteiger partial charge on any atom is -0.271 e. The highest BCUT2D eigenvalue weighted by Crippen LogP contribution is 2.21. The number of hydrogen-bond donors (Lipinski definition) is 1. The van der Waals surface area contributed by atoms with Crippen LogP contribution in [0.25, 0.3) is 5.69 Å².